The van der Waals surface area contributed by atoms with E-state index in [1.165, 1.54) is 12.1 Å². The molecule has 0 bridgehead atoms. The third-order valence-electron chi connectivity index (χ3n) is 3.25. The Labute approximate surface area is 131 Å². The van der Waals surface area contributed by atoms with Crippen molar-refractivity contribution in [2.75, 3.05) is 5.32 Å². The second-order valence-electron chi connectivity index (χ2n) is 4.85. The Hall–Kier alpha value is -3.22. The molecule has 0 spiro atoms. The first-order valence-corrected chi connectivity index (χ1v) is 6.92. The zero-order valence-electron chi connectivity index (χ0n) is 12.1. The van der Waals surface area contributed by atoms with Gasteiger partial charge in [0, 0.05) is 5.69 Å². The fraction of sp³-hybridized carbons (Fsp3) is 0.0625. The molecule has 116 valence electrons. The first kappa shape index (κ1) is 14.7. The summed E-state index contributed by atoms with van der Waals surface area (Å²) in [6.07, 6.45) is 1.61. The molecule has 6 nitrogen and oxygen atoms in total. The van der Waals surface area contributed by atoms with E-state index in [2.05, 4.69) is 15.4 Å². The van der Waals surface area contributed by atoms with E-state index in [9.17, 15) is 9.18 Å². The average Bonchev–Trinajstić information content (AvgIpc) is 3.02. The number of carbonyl (C=O) groups is 1. The lowest BCUT2D eigenvalue weighted by Crippen LogP contribution is -2.13. The predicted molar refractivity (Wildman–Crippen MR) is 83.6 cm³/mol. The van der Waals surface area contributed by atoms with Gasteiger partial charge < -0.3 is 11.1 Å². The summed E-state index contributed by atoms with van der Waals surface area (Å²) in [7, 11) is 0. The van der Waals surface area contributed by atoms with E-state index in [4.69, 9.17) is 5.73 Å². The number of nitrogens with one attached hydrogen (secondary N) is 1. The van der Waals surface area contributed by atoms with Crippen molar-refractivity contribution < 1.29 is 9.18 Å². The molecule has 3 aromatic rings. The number of amides is 1. The Morgan fingerprint density at radius 1 is 1.22 bits per heavy atom. The lowest BCUT2D eigenvalue weighted by Gasteiger charge is -2.05. The average molecular weight is 311 g/mol. The van der Waals surface area contributed by atoms with Gasteiger partial charge >= 0.3 is 0 Å². The summed E-state index contributed by atoms with van der Waals surface area (Å²) in [5, 5.41) is 7.34. The highest BCUT2D eigenvalue weighted by atomic mass is 19.1. The molecule has 0 aliphatic carbocycles. The van der Waals surface area contributed by atoms with Crippen LogP contribution in [-0.4, -0.2) is 20.7 Å². The molecule has 0 radical (unpaired) electrons. The molecule has 0 aliphatic rings. The Balaban J connectivity index is 1.68. The van der Waals surface area contributed by atoms with Crippen molar-refractivity contribution in [3.05, 3.63) is 72.1 Å². The highest BCUT2D eigenvalue weighted by Crippen LogP contribution is 2.15. The molecule has 0 unspecified atom stereocenters. The molecule has 0 aliphatic heterocycles. The number of carbonyl (C=O) groups excluding carboxylic acids is 1. The molecule has 7 heteroatoms. The van der Waals surface area contributed by atoms with Crippen LogP contribution in [0, 0.1) is 5.82 Å². The molecular weight excluding hydrogens is 297 g/mol. The lowest BCUT2D eigenvalue weighted by atomic mass is 10.2. The number of hydrogen-bond acceptors (Lipinski definition) is 4. The van der Waals surface area contributed by atoms with E-state index in [-0.39, 0.29) is 5.56 Å². The lowest BCUT2D eigenvalue weighted by molar-refractivity contribution is 0.0996. The topological polar surface area (TPSA) is 85.8 Å². The van der Waals surface area contributed by atoms with Crippen LogP contribution in [0.1, 0.15) is 16.2 Å². The zero-order valence-corrected chi connectivity index (χ0v) is 12.1. The molecule has 1 aromatic heterocycles. The van der Waals surface area contributed by atoms with Crippen LogP contribution in [0.25, 0.3) is 5.69 Å². The monoisotopic (exact) mass is 311 g/mol. The van der Waals surface area contributed by atoms with Gasteiger partial charge in [0.05, 0.1) is 17.8 Å². The van der Waals surface area contributed by atoms with Crippen molar-refractivity contribution in [1.82, 2.24) is 14.8 Å². The minimum Gasteiger partial charge on any atom is -0.378 e. The second kappa shape index (κ2) is 6.27. The van der Waals surface area contributed by atoms with Crippen LogP contribution < -0.4 is 11.1 Å². The molecule has 0 atom stereocenters. The molecule has 23 heavy (non-hydrogen) atoms. The Morgan fingerprint density at radius 2 is 2.00 bits per heavy atom. The summed E-state index contributed by atoms with van der Waals surface area (Å²) in [6, 6.07) is 13.7. The normalized spacial score (nSPS) is 10.5. The molecule has 1 amide bonds. The van der Waals surface area contributed by atoms with Crippen molar-refractivity contribution >= 4 is 11.6 Å². The summed E-state index contributed by atoms with van der Waals surface area (Å²) in [6.45, 7) is 0.329. The number of primary amides is 1. The maximum Gasteiger partial charge on any atom is 0.251 e. The van der Waals surface area contributed by atoms with Gasteiger partial charge in [0.2, 0.25) is 0 Å². The fourth-order valence-electron chi connectivity index (χ4n) is 2.09. The minimum atomic E-state index is -0.794. The molecule has 0 saturated carbocycles. The van der Waals surface area contributed by atoms with Gasteiger partial charge in [0.15, 0.2) is 5.82 Å². The van der Waals surface area contributed by atoms with Crippen LogP contribution in [-0.2, 0) is 6.54 Å². The van der Waals surface area contributed by atoms with Crippen LogP contribution in [0.2, 0.25) is 0 Å². The summed E-state index contributed by atoms with van der Waals surface area (Å²) in [5.41, 5.74) is 6.35. The molecule has 0 fully saturated rings. The smallest absolute Gasteiger partial charge is 0.251 e. The van der Waals surface area contributed by atoms with Crippen LogP contribution in [0.3, 0.4) is 0 Å². The number of benzene rings is 2. The van der Waals surface area contributed by atoms with Gasteiger partial charge in [-0.15, -0.1) is 5.10 Å². The SMILES string of the molecule is NC(=O)c1ccc(NCc2ncn(-c3ccccc3)n2)cc1F. The largest absolute Gasteiger partial charge is 0.378 e. The van der Waals surface area contributed by atoms with Crippen LogP contribution in [0.5, 0.6) is 0 Å². The third kappa shape index (κ3) is 3.34. The number of aromatic nitrogens is 3. The third-order valence-corrected chi connectivity index (χ3v) is 3.25. The minimum absolute atomic E-state index is 0.137. The van der Waals surface area contributed by atoms with Crippen molar-refractivity contribution in [1.29, 1.82) is 0 Å². The van der Waals surface area contributed by atoms with Crippen molar-refractivity contribution in [3.8, 4) is 5.69 Å². The van der Waals surface area contributed by atoms with E-state index in [1.54, 1.807) is 17.1 Å². The summed E-state index contributed by atoms with van der Waals surface area (Å²) < 4.78 is 15.3. The molecule has 0 saturated heterocycles. The van der Waals surface area contributed by atoms with E-state index in [0.29, 0.717) is 18.1 Å². The molecule has 3 rings (SSSR count). The van der Waals surface area contributed by atoms with E-state index in [1.807, 2.05) is 30.3 Å². The number of anilines is 1. The van der Waals surface area contributed by atoms with E-state index < -0.39 is 11.7 Å². The maximum atomic E-state index is 13.7. The van der Waals surface area contributed by atoms with Crippen LogP contribution in [0.15, 0.2) is 54.9 Å². The van der Waals surface area contributed by atoms with Crippen molar-refractivity contribution in [2.24, 2.45) is 5.73 Å². The zero-order chi connectivity index (χ0) is 16.2. The van der Waals surface area contributed by atoms with Gasteiger partial charge in [0.25, 0.3) is 5.91 Å². The van der Waals surface area contributed by atoms with Gasteiger partial charge in [-0.3, -0.25) is 4.79 Å². The highest BCUT2D eigenvalue weighted by Gasteiger charge is 2.09. The van der Waals surface area contributed by atoms with Gasteiger partial charge in [-0.1, -0.05) is 18.2 Å². The first-order chi connectivity index (χ1) is 11.1. The molecule has 1 heterocycles. The number of halogens is 1. The second-order valence-corrected chi connectivity index (χ2v) is 4.85. The van der Waals surface area contributed by atoms with Gasteiger partial charge in [0.1, 0.15) is 12.1 Å². The quantitative estimate of drug-likeness (QED) is 0.755. The summed E-state index contributed by atoms with van der Waals surface area (Å²) in [5.74, 6) is -0.893. The maximum absolute atomic E-state index is 13.7. The van der Waals surface area contributed by atoms with Crippen LogP contribution in [0.4, 0.5) is 10.1 Å². The van der Waals surface area contributed by atoms with Crippen molar-refractivity contribution in [2.45, 2.75) is 6.54 Å². The fourth-order valence-corrected chi connectivity index (χ4v) is 2.09. The van der Waals surface area contributed by atoms with Gasteiger partial charge in [-0.25, -0.2) is 14.1 Å². The molecule has 2 aromatic carbocycles. The molecular formula is C16H14FN5O. The van der Waals surface area contributed by atoms with E-state index >= 15 is 0 Å². The predicted octanol–water partition coefficient (Wildman–Crippen LogP) is 2.12. The van der Waals surface area contributed by atoms with Gasteiger partial charge in [-0.2, -0.15) is 0 Å². The van der Waals surface area contributed by atoms with Gasteiger partial charge in [-0.05, 0) is 30.3 Å². The van der Waals surface area contributed by atoms with Crippen LogP contribution >= 0.6 is 0 Å². The summed E-state index contributed by atoms with van der Waals surface area (Å²) in [4.78, 5) is 15.2. The number of hydrogen-bond donors (Lipinski definition) is 2. The number of nitrogens with zero attached hydrogens (tertiary/aromatic N) is 3. The first-order valence-electron chi connectivity index (χ1n) is 6.92. The Kier molecular flexibility index (Phi) is 4.01. The van der Waals surface area contributed by atoms with Crippen molar-refractivity contribution in [3.63, 3.8) is 0 Å². The molecule has 3 N–H and O–H groups in total. The standard InChI is InChI=1S/C16H14FN5O/c17-14-8-11(6-7-13(14)16(18)23)19-9-15-20-10-22(21-15)12-4-2-1-3-5-12/h1-8,10,19H,9H2,(H2,18,23). The van der Waals surface area contributed by atoms with E-state index in [0.717, 1.165) is 5.69 Å². The number of rotatable bonds is 5. The summed E-state index contributed by atoms with van der Waals surface area (Å²) >= 11 is 0. The number of para-hydroxylation sites is 1. The Bertz CT molecular complexity index is 831. The number of nitrogens with two attached hydrogens (primary N) is 1. The highest BCUT2D eigenvalue weighted by molar-refractivity contribution is 5.93. The Morgan fingerprint density at radius 3 is 2.70 bits per heavy atom.